The molecule has 2 aliphatic rings. The Morgan fingerprint density at radius 1 is 1.17 bits per heavy atom. The standard InChI is InChI=1S/C19H20N4O/c1-2-10-23-18(20)14-6-7-16(22-11-8-21-9-12-22)13-4-3-5-15(17(13)14)19(23)24/h2-7,20-21H,1,8-12H2. The quantitative estimate of drug-likeness (QED) is 0.853. The molecule has 4 rings (SSSR count). The first-order valence-electron chi connectivity index (χ1n) is 8.25. The smallest absolute Gasteiger partial charge is 0.260 e. The number of anilines is 1. The monoisotopic (exact) mass is 320 g/mol. The molecular weight excluding hydrogens is 300 g/mol. The zero-order valence-corrected chi connectivity index (χ0v) is 13.5. The molecule has 0 radical (unpaired) electrons. The summed E-state index contributed by atoms with van der Waals surface area (Å²) in [5, 5.41) is 13.8. The van der Waals surface area contributed by atoms with Crippen LogP contribution in [0.15, 0.2) is 43.0 Å². The summed E-state index contributed by atoms with van der Waals surface area (Å²) in [6, 6.07) is 9.92. The molecule has 0 unspecified atom stereocenters. The Bertz CT molecular complexity index is 830. The molecule has 122 valence electrons. The van der Waals surface area contributed by atoms with Crippen LogP contribution >= 0.6 is 0 Å². The summed E-state index contributed by atoms with van der Waals surface area (Å²) in [5.74, 6) is 0.144. The molecule has 1 saturated heterocycles. The van der Waals surface area contributed by atoms with Gasteiger partial charge in [-0.1, -0.05) is 18.2 Å². The SMILES string of the molecule is C=CCN1C(=N)c2ccc(N3CCNCC3)c3cccc(c23)C1=O. The minimum atomic E-state index is -0.115. The van der Waals surface area contributed by atoms with Crippen LogP contribution in [-0.4, -0.2) is 49.4 Å². The lowest BCUT2D eigenvalue weighted by atomic mass is 9.92. The first-order chi connectivity index (χ1) is 11.7. The van der Waals surface area contributed by atoms with Crippen molar-refractivity contribution in [2.24, 2.45) is 0 Å². The third kappa shape index (κ3) is 2.12. The molecule has 2 aromatic rings. The largest absolute Gasteiger partial charge is 0.368 e. The minimum Gasteiger partial charge on any atom is -0.368 e. The van der Waals surface area contributed by atoms with Crippen molar-refractivity contribution in [2.75, 3.05) is 37.6 Å². The highest BCUT2D eigenvalue weighted by atomic mass is 16.2. The minimum absolute atomic E-state index is 0.115. The van der Waals surface area contributed by atoms with Gasteiger partial charge in [0.25, 0.3) is 5.91 Å². The number of carbonyl (C=O) groups is 1. The van der Waals surface area contributed by atoms with Crippen molar-refractivity contribution in [3.8, 4) is 0 Å². The van der Waals surface area contributed by atoms with Crippen LogP contribution in [0.3, 0.4) is 0 Å². The Labute approximate surface area is 141 Å². The fourth-order valence-corrected chi connectivity index (χ4v) is 3.64. The van der Waals surface area contributed by atoms with Gasteiger partial charge in [0.1, 0.15) is 5.84 Å². The maximum absolute atomic E-state index is 12.8. The summed E-state index contributed by atoms with van der Waals surface area (Å²) in [6.45, 7) is 7.88. The van der Waals surface area contributed by atoms with Crippen LogP contribution in [0.5, 0.6) is 0 Å². The number of amides is 1. The Morgan fingerprint density at radius 3 is 2.71 bits per heavy atom. The molecule has 2 heterocycles. The average Bonchev–Trinajstić information content (AvgIpc) is 2.63. The predicted octanol–water partition coefficient (Wildman–Crippen LogP) is 2.22. The Morgan fingerprint density at radius 2 is 1.96 bits per heavy atom. The fraction of sp³-hybridized carbons (Fsp3) is 0.263. The molecule has 0 spiro atoms. The summed E-state index contributed by atoms with van der Waals surface area (Å²) >= 11 is 0. The zero-order chi connectivity index (χ0) is 16.7. The molecule has 1 amide bonds. The summed E-state index contributed by atoms with van der Waals surface area (Å²) in [6.07, 6.45) is 1.66. The van der Waals surface area contributed by atoms with Crippen molar-refractivity contribution >= 4 is 28.2 Å². The van der Waals surface area contributed by atoms with Gasteiger partial charge in [0.2, 0.25) is 0 Å². The molecule has 0 atom stereocenters. The number of amidine groups is 1. The second kappa shape index (κ2) is 5.76. The van der Waals surface area contributed by atoms with Crippen molar-refractivity contribution in [3.05, 3.63) is 54.1 Å². The molecule has 0 bridgehead atoms. The molecule has 2 N–H and O–H groups in total. The fourth-order valence-electron chi connectivity index (χ4n) is 3.64. The third-order valence-corrected chi connectivity index (χ3v) is 4.79. The lowest BCUT2D eigenvalue weighted by Crippen LogP contribution is -2.44. The predicted molar refractivity (Wildman–Crippen MR) is 97.1 cm³/mol. The van der Waals surface area contributed by atoms with E-state index in [1.165, 1.54) is 4.90 Å². The second-order valence-corrected chi connectivity index (χ2v) is 6.15. The molecule has 0 aliphatic carbocycles. The molecule has 2 aromatic carbocycles. The van der Waals surface area contributed by atoms with Gasteiger partial charge in [0.05, 0.1) is 0 Å². The number of hydrogen-bond acceptors (Lipinski definition) is 4. The number of carbonyl (C=O) groups excluding carboxylic acids is 1. The van der Waals surface area contributed by atoms with Gasteiger partial charge < -0.3 is 10.2 Å². The van der Waals surface area contributed by atoms with E-state index in [4.69, 9.17) is 5.41 Å². The van der Waals surface area contributed by atoms with E-state index in [1.54, 1.807) is 6.08 Å². The molecule has 5 nitrogen and oxygen atoms in total. The van der Waals surface area contributed by atoms with Gasteiger partial charge in [-0.05, 0) is 18.2 Å². The van der Waals surface area contributed by atoms with Crippen LogP contribution in [0.1, 0.15) is 15.9 Å². The first kappa shape index (κ1) is 14.9. The van der Waals surface area contributed by atoms with Crippen LogP contribution in [0.2, 0.25) is 0 Å². The van der Waals surface area contributed by atoms with E-state index < -0.39 is 0 Å². The number of nitrogens with one attached hydrogen (secondary N) is 2. The topological polar surface area (TPSA) is 59.4 Å². The summed E-state index contributed by atoms with van der Waals surface area (Å²) in [4.78, 5) is 16.6. The molecule has 5 heteroatoms. The van der Waals surface area contributed by atoms with Crippen molar-refractivity contribution < 1.29 is 4.79 Å². The van der Waals surface area contributed by atoms with Gasteiger partial charge in [-0.25, -0.2) is 0 Å². The van der Waals surface area contributed by atoms with Gasteiger partial charge in [0, 0.05) is 60.3 Å². The highest BCUT2D eigenvalue weighted by molar-refractivity contribution is 6.27. The average molecular weight is 320 g/mol. The van der Waals surface area contributed by atoms with Gasteiger partial charge in [-0.2, -0.15) is 0 Å². The maximum atomic E-state index is 12.8. The molecule has 24 heavy (non-hydrogen) atoms. The van der Waals surface area contributed by atoms with Crippen LogP contribution in [0, 0.1) is 5.41 Å². The second-order valence-electron chi connectivity index (χ2n) is 6.15. The van der Waals surface area contributed by atoms with E-state index in [9.17, 15) is 4.79 Å². The van der Waals surface area contributed by atoms with Crippen molar-refractivity contribution in [2.45, 2.75) is 0 Å². The normalized spacial score (nSPS) is 17.5. The highest BCUT2D eigenvalue weighted by Gasteiger charge is 2.30. The van der Waals surface area contributed by atoms with Crippen LogP contribution in [0.25, 0.3) is 10.8 Å². The summed E-state index contributed by atoms with van der Waals surface area (Å²) < 4.78 is 0. The van der Waals surface area contributed by atoms with Gasteiger partial charge >= 0.3 is 0 Å². The van der Waals surface area contributed by atoms with Crippen molar-refractivity contribution in [3.63, 3.8) is 0 Å². The Balaban J connectivity index is 1.92. The van der Waals surface area contributed by atoms with Crippen LogP contribution in [-0.2, 0) is 0 Å². The zero-order valence-electron chi connectivity index (χ0n) is 13.5. The lowest BCUT2D eigenvalue weighted by Gasteiger charge is -2.33. The number of nitrogens with zero attached hydrogens (tertiary/aromatic N) is 2. The summed E-state index contributed by atoms with van der Waals surface area (Å²) in [5.41, 5.74) is 2.65. The highest BCUT2D eigenvalue weighted by Crippen LogP contribution is 2.36. The van der Waals surface area contributed by atoms with Gasteiger partial charge in [-0.15, -0.1) is 6.58 Å². The third-order valence-electron chi connectivity index (χ3n) is 4.79. The molecule has 1 fully saturated rings. The van der Waals surface area contributed by atoms with Crippen LogP contribution in [0.4, 0.5) is 5.69 Å². The van der Waals surface area contributed by atoms with Crippen molar-refractivity contribution in [1.82, 2.24) is 10.2 Å². The molecule has 0 aromatic heterocycles. The maximum Gasteiger partial charge on any atom is 0.260 e. The van der Waals surface area contributed by atoms with Gasteiger partial charge in [0.15, 0.2) is 0 Å². The van der Waals surface area contributed by atoms with E-state index in [1.807, 2.05) is 18.2 Å². The van der Waals surface area contributed by atoms with E-state index in [2.05, 4.69) is 28.9 Å². The number of piperazine rings is 1. The lowest BCUT2D eigenvalue weighted by molar-refractivity contribution is 0.0857. The first-order valence-corrected chi connectivity index (χ1v) is 8.25. The van der Waals surface area contributed by atoms with Crippen molar-refractivity contribution in [1.29, 1.82) is 5.41 Å². The Kier molecular flexibility index (Phi) is 3.58. The van der Waals surface area contributed by atoms with E-state index in [0.29, 0.717) is 12.1 Å². The van der Waals surface area contributed by atoms with E-state index in [0.717, 1.165) is 48.2 Å². The van der Waals surface area contributed by atoms with E-state index >= 15 is 0 Å². The Hall–Kier alpha value is -2.66. The molecular formula is C19H20N4O. The van der Waals surface area contributed by atoms with Gasteiger partial charge in [-0.3, -0.25) is 15.1 Å². The molecule has 0 saturated carbocycles. The number of rotatable bonds is 3. The summed E-state index contributed by atoms with van der Waals surface area (Å²) in [7, 11) is 0. The number of hydrogen-bond donors (Lipinski definition) is 2. The molecule has 2 aliphatic heterocycles. The van der Waals surface area contributed by atoms with E-state index in [-0.39, 0.29) is 11.7 Å². The number of benzene rings is 2. The van der Waals surface area contributed by atoms with Crippen LogP contribution < -0.4 is 10.2 Å².